The number of anilines is 1. The highest BCUT2D eigenvalue weighted by molar-refractivity contribution is 7.16. The average Bonchev–Trinajstić information content (AvgIpc) is 3.01. The SMILES string of the molecule is CC1Cc2sc(NC(=O)Cc3ccc(C(N)=O)cc3)c(C#N)c2CN1C(=O)OC(C)(C)C. The van der Waals surface area contributed by atoms with Crippen molar-refractivity contribution >= 4 is 34.2 Å². The number of benzene rings is 1. The molecule has 9 heteroatoms. The number of primary amides is 1. The van der Waals surface area contributed by atoms with Crippen molar-refractivity contribution in [3.8, 4) is 6.07 Å². The largest absolute Gasteiger partial charge is 0.444 e. The second kappa shape index (κ2) is 9.01. The topological polar surface area (TPSA) is 126 Å². The molecule has 3 amide bonds. The van der Waals surface area contributed by atoms with Crippen LogP contribution in [0.4, 0.5) is 9.80 Å². The summed E-state index contributed by atoms with van der Waals surface area (Å²) in [5.74, 6) is -0.803. The first kappa shape index (κ1) is 23.3. The Morgan fingerprint density at radius 3 is 2.50 bits per heavy atom. The molecule has 168 valence electrons. The van der Waals surface area contributed by atoms with Gasteiger partial charge in [0, 0.05) is 28.5 Å². The van der Waals surface area contributed by atoms with Crippen molar-refractivity contribution in [2.45, 2.75) is 58.7 Å². The Bertz CT molecular complexity index is 1090. The van der Waals surface area contributed by atoms with Gasteiger partial charge in [-0.3, -0.25) is 9.59 Å². The lowest BCUT2D eigenvalue weighted by molar-refractivity contribution is -0.115. The molecule has 1 aliphatic heterocycles. The molecule has 8 nitrogen and oxygen atoms in total. The molecule has 1 atom stereocenters. The summed E-state index contributed by atoms with van der Waals surface area (Å²) in [6, 6.07) is 8.58. The number of ether oxygens (including phenoxy) is 1. The van der Waals surface area contributed by atoms with E-state index in [1.807, 2.05) is 27.7 Å². The molecule has 3 rings (SSSR count). The summed E-state index contributed by atoms with van der Waals surface area (Å²) >= 11 is 1.37. The van der Waals surface area contributed by atoms with E-state index in [4.69, 9.17) is 10.5 Å². The number of nitrogens with one attached hydrogen (secondary N) is 1. The third-order valence-corrected chi connectivity index (χ3v) is 6.20. The van der Waals surface area contributed by atoms with Crippen LogP contribution in [0.15, 0.2) is 24.3 Å². The molecule has 2 aromatic rings. The highest BCUT2D eigenvalue weighted by atomic mass is 32.1. The Morgan fingerprint density at radius 1 is 1.28 bits per heavy atom. The van der Waals surface area contributed by atoms with Gasteiger partial charge in [-0.2, -0.15) is 5.26 Å². The van der Waals surface area contributed by atoms with Gasteiger partial charge in [0.2, 0.25) is 11.8 Å². The number of amides is 3. The molecule has 32 heavy (non-hydrogen) atoms. The van der Waals surface area contributed by atoms with Crippen molar-refractivity contribution in [2.75, 3.05) is 5.32 Å². The Morgan fingerprint density at radius 2 is 1.94 bits per heavy atom. The molecule has 0 bridgehead atoms. The second-order valence-electron chi connectivity index (χ2n) is 8.77. The molecule has 1 aliphatic rings. The zero-order valence-electron chi connectivity index (χ0n) is 18.5. The van der Waals surface area contributed by atoms with Gasteiger partial charge >= 0.3 is 6.09 Å². The summed E-state index contributed by atoms with van der Waals surface area (Å²) in [6.45, 7) is 7.63. The smallest absolute Gasteiger partial charge is 0.410 e. The molecule has 1 aromatic heterocycles. The number of hydrogen-bond donors (Lipinski definition) is 2. The maximum atomic E-state index is 12.6. The fourth-order valence-electron chi connectivity index (χ4n) is 3.46. The van der Waals surface area contributed by atoms with Crippen LogP contribution in [-0.2, 0) is 28.9 Å². The van der Waals surface area contributed by atoms with Crippen LogP contribution in [0.5, 0.6) is 0 Å². The molecule has 1 unspecified atom stereocenters. The van der Waals surface area contributed by atoms with Gasteiger partial charge in [-0.25, -0.2) is 4.79 Å². The summed E-state index contributed by atoms with van der Waals surface area (Å²) < 4.78 is 5.51. The molecule has 0 saturated carbocycles. The van der Waals surface area contributed by atoms with Crippen LogP contribution in [0.2, 0.25) is 0 Å². The lowest BCUT2D eigenvalue weighted by Gasteiger charge is -2.34. The summed E-state index contributed by atoms with van der Waals surface area (Å²) in [6.07, 6.45) is 0.251. The first-order valence-electron chi connectivity index (χ1n) is 10.2. The number of nitriles is 1. The van der Waals surface area contributed by atoms with E-state index in [-0.39, 0.29) is 24.9 Å². The van der Waals surface area contributed by atoms with E-state index in [9.17, 15) is 19.6 Å². The van der Waals surface area contributed by atoms with Crippen LogP contribution < -0.4 is 11.1 Å². The molecular formula is C23H26N4O4S. The molecule has 0 saturated heterocycles. The number of thiophene rings is 1. The second-order valence-corrected chi connectivity index (χ2v) is 9.87. The molecule has 1 aromatic carbocycles. The Kier molecular flexibility index (Phi) is 6.55. The molecule has 2 heterocycles. The van der Waals surface area contributed by atoms with E-state index in [1.54, 1.807) is 29.2 Å². The molecule has 3 N–H and O–H groups in total. The summed E-state index contributed by atoms with van der Waals surface area (Å²) in [5, 5.41) is 13.1. The van der Waals surface area contributed by atoms with Crippen molar-refractivity contribution in [3.05, 3.63) is 51.4 Å². The van der Waals surface area contributed by atoms with E-state index in [2.05, 4.69) is 11.4 Å². The minimum absolute atomic E-state index is 0.0881. The maximum absolute atomic E-state index is 12.6. The van der Waals surface area contributed by atoms with E-state index in [1.165, 1.54) is 11.3 Å². The lowest BCUT2D eigenvalue weighted by Crippen LogP contribution is -2.44. The maximum Gasteiger partial charge on any atom is 0.410 e. The van der Waals surface area contributed by atoms with Crippen molar-refractivity contribution < 1.29 is 19.1 Å². The number of fused-ring (bicyclic) bond motifs is 1. The third-order valence-electron chi connectivity index (χ3n) is 5.03. The fourth-order valence-corrected chi connectivity index (χ4v) is 4.76. The van der Waals surface area contributed by atoms with Gasteiger partial charge in [0.25, 0.3) is 0 Å². The minimum Gasteiger partial charge on any atom is -0.444 e. The number of nitrogens with zero attached hydrogens (tertiary/aromatic N) is 2. The van der Waals surface area contributed by atoms with Crippen molar-refractivity contribution in [1.82, 2.24) is 4.90 Å². The number of hydrogen-bond acceptors (Lipinski definition) is 6. The van der Waals surface area contributed by atoms with Gasteiger partial charge in [-0.1, -0.05) is 12.1 Å². The molecule has 0 aliphatic carbocycles. The van der Waals surface area contributed by atoms with Gasteiger partial charge in [0.15, 0.2) is 0 Å². The van der Waals surface area contributed by atoms with Crippen LogP contribution in [0.1, 0.15) is 59.6 Å². The zero-order valence-corrected chi connectivity index (χ0v) is 19.3. The minimum atomic E-state index is -0.613. The van der Waals surface area contributed by atoms with E-state index >= 15 is 0 Å². The number of carbonyl (C=O) groups excluding carboxylic acids is 3. The predicted molar refractivity (Wildman–Crippen MR) is 121 cm³/mol. The Balaban J connectivity index is 1.75. The van der Waals surface area contributed by atoms with Gasteiger partial charge in [-0.05, 0) is 45.4 Å². The standard InChI is InChI=1S/C23H26N4O4S/c1-13-9-18-17(12-27(13)22(30)31-23(2,3)4)16(11-24)21(32-18)26-19(28)10-14-5-7-15(8-6-14)20(25)29/h5-8,13H,9-10,12H2,1-4H3,(H2,25,29)(H,26,28). The summed E-state index contributed by atoms with van der Waals surface area (Å²) in [7, 11) is 0. The van der Waals surface area contributed by atoms with Crippen LogP contribution in [-0.4, -0.2) is 34.5 Å². The van der Waals surface area contributed by atoms with Crippen molar-refractivity contribution in [3.63, 3.8) is 0 Å². The quantitative estimate of drug-likeness (QED) is 0.730. The molecular weight excluding hydrogens is 428 g/mol. The van der Waals surface area contributed by atoms with E-state index in [0.717, 1.165) is 16.0 Å². The number of rotatable bonds is 4. The first-order valence-corrected chi connectivity index (χ1v) is 11.0. The van der Waals surface area contributed by atoms with Gasteiger partial charge in [0.1, 0.15) is 16.7 Å². The highest BCUT2D eigenvalue weighted by Crippen LogP contribution is 2.38. The number of carbonyl (C=O) groups is 3. The molecule has 0 spiro atoms. The van der Waals surface area contributed by atoms with Crippen LogP contribution >= 0.6 is 11.3 Å². The Hall–Kier alpha value is -3.38. The molecule has 0 fully saturated rings. The van der Waals surface area contributed by atoms with Crippen LogP contribution in [0, 0.1) is 11.3 Å². The van der Waals surface area contributed by atoms with E-state index in [0.29, 0.717) is 22.5 Å². The van der Waals surface area contributed by atoms with E-state index < -0.39 is 17.6 Å². The zero-order chi connectivity index (χ0) is 23.6. The summed E-state index contributed by atoms with van der Waals surface area (Å²) in [5.41, 5.74) is 6.84. The molecule has 0 radical (unpaired) electrons. The Labute approximate surface area is 191 Å². The van der Waals surface area contributed by atoms with Crippen molar-refractivity contribution in [1.29, 1.82) is 5.26 Å². The normalized spacial score (nSPS) is 15.5. The first-order chi connectivity index (χ1) is 15.0. The van der Waals surface area contributed by atoms with Gasteiger partial charge in [-0.15, -0.1) is 11.3 Å². The van der Waals surface area contributed by atoms with Crippen LogP contribution in [0.25, 0.3) is 0 Å². The highest BCUT2D eigenvalue weighted by Gasteiger charge is 2.34. The average molecular weight is 455 g/mol. The monoisotopic (exact) mass is 454 g/mol. The van der Waals surface area contributed by atoms with Gasteiger partial charge in [0.05, 0.1) is 18.5 Å². The van der Waals surface area contributed by atoms with Crippen molar-refractivity contribution in [2.24, 2.45) is 5.73 Å². The lowest BCUT2D eigenvalue weighted by atomic mass is 10.0. The van der Waals surface area contributed by atoms with Crippen LogP contribution in [0.3, 0.4) is 0 Å². The summed E-state index contributed by atoms with van der Waals surface area (Å²) in [4.78, 5) is 39.0. The number of nitrogens with two attached hydrogens (primary N) is 1. The fraction of sp³-hybridized carbons (Fsp3) is 0.391. The van der Waals surface area contributed by atoms with Gasteiger partial charge < -0.3 is 20.7 Å². The predicted octanol–water partition coefficient (Wildman–Crippen LogP) is 3.58. The third kappa shape index (κ3) is 5.26.